The molecule has 0 fully saturated rings. The molecule has 0 spiro atoms. The fraction of sp³-hybridized carbons (Fsp3) is 0.154. The number of carbonyl (C=O) groups excluding carboxylic acids is 1. The second-order valence-corrected chi connectivity index (χ2v) is 3.18. The van der Waals surface area contributed by atoms with E-state index in [0.29, 0.717) is 0 Å². The van der Waals surface area contributed by atoms with Gasteiger partial charge in [-0.3, -0.25) is 4.79 Å². The van der Waals surface area contributed by atoms with Gasteiger partial charge < -0.3 is 0 Å². The van der Waals surface area contributed by atoms with Crippen molar-refractivity contribution in [1.82, 2.24) is 0 Å². The van der Waals surface area contributed by atoms with Gasteiger partial charge in [-0.15, -0.1) is 0 Å². The molecule has 0 saturated heterocycles. The van der Waals surface area contributed by atoms with Gasteiger partial charge in [-0.05, 0) is 25.0 Å². The molecule has 1 aromatic carbocycles. The van der Waals surface area contributed by atoms with Crippen molar-refractivity contribution in [3.8, 4) is 0 Å². The number of Topliss-reactive ketones (excluding diaryl/α,β-unsaturated/α-hetero) is 1. The largest absolute Gasteiger partial charge is 0.295 e. The van der Waals surface area contributed by atoms with Crippen molar-refractivity contribution < 1.29 is 4.79 Å². The minimum absolute atomic E-state index is 0.114. The lowest BCUT2D eigenvalue weighted by atomic mass is 10.1. The molecule has 0 atom stereocenters. The van der Waals surface area contributed by atoms with Crippen LogP contribution in [0.1, 0.15) is 19.4 Å². The fourth-order valence-corrected chi connectivity index (χ4v) is 0.985. The monoisotopic (exact) mass is 186 g/mol. The van der Waals surface area contributed by atoms with Crippen molar-refractivity contribution >= 4 is 11.9 Å². The highest BCUT2D eigenvalue weighted by atomic mass is 16.1. The predicted octanol–water partition coefficient (Wildman–Crippen LogP) is 3.24. The lowest BCUT2D eigenvalue weighted by Crippen LogP contribution is -1.89. The van der Waals surface area contributed by atoms with Crippen molar-refractivity contribution in [2.45, 2.75) is 13.8 Å². The number of rotatable bonds is 3. The van der Waals surface area contributed by atoms with Gasteiger partial charge in [-0.2, -0.15) is 0 Å². The molecule has 0 unspecified atom stereocenters. The SMILES string of the molecule is CC(=O)C(C)=CC=Cc1ccccc1. The van der Waals surface area contributed by atoms with E-state index in [1.165, 1.54) is 0 Å². The Labute approximate surface area is 84.8 Å². The van der Waals surface area contributed by atoms with E-state index in [1.54, 1.807) is 6.92 Å². The molecular weight excluding hydrogens is 172 g/mol. The van der Waals surface area contributed by atoms with E-state index in [1.807, 2.05) is 55.5 Å². The molecule has 1 rings (SSSR count). The smallest absolute Gasteiger partial charge is 0.155 e. The zero-order valence-corrected chi connectivity index (χ0v) is 8.53. The molecule has 0 N–H and O–H groups in total. The van der Waals surface area contributed by atoms with Gasteiger partial charge in [0.05, 0.1) is 0 Å². The average molecular weight is 186 g/mol. The van der Waals surface area contributed by atoms with E-state index in [0.717, 1.165) is 11.1 Å². The van der Waals surface area contributed by atoms with Gasteiger partial charge in [0.25, 0.3) is 0 Å². The Morgan fingerprint density at radius 1 is 1.14 bits per heavy atom. The molecule has 0 saturated carbocycles. The molecule has 72 valence electrons. The van der Waals surface area contributed by atoms with Crippen molar-refractivity contribution in [3.05, 3.63) is 53.6 Å². The summed E-state index contributed by atoms with van der Waals surface area (Å²) in [6, 6.07) is 10.00. The molecule has 0 aliphatic rings. The van der Waals surface area contributed by atoms with E-state index in [-0.39, 0.29) is 5.78 Å². The van der Waals surface area contributed by atoms with Crippen molar-refractivity contribution in [2.24, 2.45) is 0 Å². The number of carbonyl (C=O) groups is 1. The topological polar surface area (TPSA) is 17.1 Å². The maximum absolute atomic E-state index is 10.9. The second kappa shape index (κ2) is 5.18. The Morgan fingerprint density at radius 3 is 2.36 bits per heavy atom. The third kappa shape index (κ3) is 3.40. The summed E-state index contributed by atoms with van der Waals surface area (Å²) in [6.45, 7) is 3.39. The molecule has 14 heavy (non-hydrogen) atoms. The fourth-order valence-electron chi connectivity index (χ4n) is 0.985. The molecule has 0 bridgehead atoms. The van der Waals surface area contributed by atoms with Crippen LogP contribution >= 0.6 is 0 Å². The van der Waals surface area contributed by atoms with E-state index >= 15 is 0 Å². The summed E-state index contributed by atoms with van der Waals surface area (Å²) in [6.07, 6.45) is 5.70. The molecule has 0 aromatic heterocycles. The van der Waals surface area contributed by atoms with Crippen LogP contribution in [0.2, 0.25) is 0 Å². The van der Waals surface area contributed by atoms with Crippen LogP contribution in [0, 0.1) is 0 Å². The number of hydrogen-bond acceptors (Lipinski definition) is 1. The highest BCUT2D eigenvalue weighted by Crippen LogP contribution is 2.02. The number of benzene rings is 1. The zero-order valence-electron chi connectivity index (χ0n) is 8.53. The van der Waals surface area contributed by atoms with E-state index in [4.69, 9.17) is 0 Å². The van der Waals surface area contributed by atoms with Crippen LogP contribution in [-0.4, -0.2) is 5.78 Å². The maximum Gasteiger partial charge on any atom is 0.155 e. The number of ketones is 1. The Bertz CT molecular complexity index is 358. The second-order valence-electron chi connectivity index (χ2n) is 3.18. The highest BCUT2D eigenvalue weighted by Gasteiger charge is 1.91. The number of allylic oxidation sites excluding steroid dienone is 3. The normalized spacial score (nSPS) is 12.0. The van der Waals surface area contributed by atoms with Crippen LogP contribution in [-0.2, 0) is 4.79 Å². The molecular formula is C13H14O. The Balaban J connectivity index is 2.66. The first kappa shape index (κ1) is 10.5. The van der Waals surface area contributed by atoms with Crippen molar-refractivity contribution in [1.29, 1.82) is 0 Å². The Morgan fingerprint density at radius 2 is 1.79 bits per heavy atom. The van der Waals surface area contributed by atoms with Crippen LogP contribution in [0.25, 0.3) is 6.08 Å². The van der Waals surface area contributed by atoms with Crippen LogP contribution < -0.4 is 0 Å². The molecule has 0 heterocycles. The summed E-state index contributed by atoms with van der Waals surface area (Å²) in [5, 5.41) is 0. The average Bonchev–Trinajstić information content (AvgIpc) is 2.19. The Kier molecular flexibility index (Phi) is 3.86. The first-order valence-electron chi connectivity index (χ1n) is 4.61. The van der Waals surface area contributed by atoms with Crippen LogP contribution in [0.4, 0.5) is 0 Å². The summed E-state index contributed by atoms with van der Waals surface area (Å²) >= 11 is 0. The summed E-state index contributed by atoms with van der Waals surface area (Å²) in [4.78, 5) is 10.9. The molecule has 1 aromatic rings. The van der Waals surface area contributed by atoms with Crippen LogP contribution in [0.5, 0.6) is 0 Å². The predicted molar refractivity (Wildman–Crippen MR) is 59.9 cm³/mol. The standard InChI is InChI=1S/C13H14O/c1-11(12(2)14)7-6-10-13-8-4-3-5-9-13/h3-10H,1-2H3. The summed E-state index contributed by atoms with van der Waals surface area (Å²) in [7, 11) is 0. The van der Waals surface area contributed by atoms with Gasteiger partial charge in [-0.25, -0.2) is 0 Å². The molecule has 0 aliphatic carbocycles. The maximum atomic E-state index is 10.9. The van der Waals surface area contributed by atoms with Crippen LogP contribution in [0.3, 0.4) is 0 Å². The summed E-state index contributed by atoms with van der Waals surface area (Å²) in [5.74, 6) is 0.114. The van der Waals surface area contributed by atoms with Crippen LogP contribution in [0.15, 0.2) is 48.1 Å². The van der Waals surface area contributed by atoms with Crippen molar-refractivity contribution in [3.63, 3.8) is 0 Å². The molecule has 1 heteroatoms. The first-order chi connectivity index (χ1) is 6.70. The highest BCUT2D eigenvalue weighted by molar-refractivity contribution is 5.93. The van der Waals surface area contributed by atoms with E-state index < -0.39 is 0 Å². The van der Waals surface area contributed by atoms with Gasteiger partial charge >= 0.3 is 0 Å². The summed E-state index contributed by atoms with van der Waals surface area (Å²) in [5.41, 5.74) is 1.91. The van der Waals surface area contributed by atoms with E-state index in [2.05, 4.69) is 0 Å². The Hall–Kier alpha value is -1.63. The zero-order chi connectivity index (χ0) is 10.4. The van der Waals surface area contributed by atoms with Gasteiger partial charge in [0, 0.05) is 0 Å². The molecule has 0 aliphatic heterocycles. The third-order valence-electron chi connectivity index (χ3n) is 1.99. The lowest BCUT2D eigenvalue weighted by molar-refractivity contribution is -0.113. The minimum Gasteiger partial charge on any atom is -0.295 e. The van der Waals surface area contributed by atoms with Gasteiger partial charge in [0.15, 0.2) is 5.78 Å². The molecule has 0 amide bonds. The first-order valence-corrected chi connectivity index (χ1v) is 4.61. The van der Waals surface area contributed by atoms with Gasteiger partial charge in [0.2, 0.25) is 0 Å². The third-order valence-corrected chi connectivity index (χ3v) is 1.99. The molecule has 1 nitrogen and oxygen atoms in total. The quantitative estimate of drug-likeness (QED) is 0.523. The van der Waals surface area contributed by atoms with Gasteiger partial charge in [0.1, 0.15) is 0 Å². The minimum atomic E-state index is 0.114. The van der Waals surface area contributed by atoms with Gasteiger partial charge in [-0.1, -0.05) is 48.6 Å². The number of hydrogen-bond donors (Lipinski definition) is 0. The van der Waals surface area contributed by atoms with E-state index in [9.17, 15) is 4.79 Å². The lowest BCUT2D eigenvalue weighted by Gasteiger charge is -1.91. The molecule has 0 radical (unpaired) electrons. The van der Waals surface area contributed by atoms with Crippen molar-refractivity contribution in [2.75, 3.05) is 0 Å². The summed E-state index contributed by atoms with van der Waals surface area (Å²) < 4.78 is 0.